The minimum atomic E-state index is -0.494. The van der Waals surface area contributed by atoms with Gasteiger partial charge in [-0.05, 0) is 30.7 Å². The van der Waals surface area contributed by atoms with Crippen LogP contribution in [0.25, 0.3) is 10.9 Å². The topological polar surface area (TPSA) is 92.1 Å². The third kappa shape index (κ3) is 4.32. The number of fused-ring (bicyclic) bond motifs is 1. The predicted octanol–water partition coefficient (Wildman–Crippen LogP) is 4.77. The standard InChI is InChI=1S/C21H15Cl2N3O3/c1-2-29-18(27)9-14-12(10-24)11-25-20-13(14)5-3-8-17(20)26-21(28)19-15(22)6-4-7-16(19)23/h3-8,11H,2,9H2,1H3,(H,26,28). The molecule has 0 spiro atoms. The number of hydrogen-bond acceptors (Lipinski definition) is 5. The molecule has 29 heavy (non-hydrogen) atoms. The number of nitrogens with zero attached hydrogens (tertiary/aromatic N) is 2. The largest absolute Gasteiger partial charge is 0.466 e. The highest BCUT2D eigenvalue weighted by Gasteiger charge is 2.19. The lowest BCUT2D eigenvalue weighted by Crippen LogP contribution is -2.14. The maximum absolute atomic E-state index is 12.7. The number of rotatable bonds is 5. The van der Waals surface area contributed by atoms with Crippen molar-refractivity contribution in [1.29, 1.82) is 5.26 Å². The number of ether oxygens (including phenoxy) is 1. The van der Waals surface area contributed by atoms with Crippen molar-refractivity contribution in [2.24, 2.45) is 0 Å². The normalized spacial score (nSPS) is 10.4. The fraction of sp³-hybridized carbons (Fsp3) is 0.143. The summed E-state index contributed by atoms with van der Waals surface area (Å²) in [4.78, 5) is 29.0. The van der Waals surface area contributed by atoms with Crippen LogP contribution in [0.3, 0.4) is 0 Å². The average Bonchev–Trinajstić information content (AvgIpc) is 2.68. The molecule has 0 atom stereocenters. The third-order valence-electron chi connectivity index (χ3n) is 4.19. The van der Waals surface area contributed by atoms with Gasteiger partial charge in [-0.1, -0.05) is 41.4 Å². The van der Waals surface area contributed by atoms with E-state index in [9.17, 15) is 14.9 Å². The summed E-state index contributed by atoms with van der Waals surface area (Å²) < 4.78 is 5.01. The Morgan fingerprint density at radius 2 is 1.86 bits per heavy atom. The van der Waals surface area contributed by atoms with Crippen molar-refractivity contribution in [3.63, 3.8) is 0 Å². The fourth-order valence-electron chi connectivity index (χ4n) is 2.92. The number of nitrogens with one attached hydrogen (secondary N) is 1. The van der Waals surface area contributed by atoms with Crippen LogP contribution < -0.4 is 5.32 Å². The summed E-state index contributed by atoms with van der Waals surface area (Å²) >= 11 is 12.2. The quantitative estimate of drug-likeness (QED) is 0.591. The van der Waals surface area contributed by atoms with Crippen LogP contribution in [0.2, 0.25) is 10.0 Å². The summed E-state index contributed by atoms with van der Waals surface area (Å²) in [6.45, 7) is 1.95. The van der Waals surface area contributed by atoms with Gasteiger partial charge in [0.25, 0.3) is 5.91 Å². The minimum Gasteiger partial charge on any atom is -0.466 e. The van der Waals surface area contributed by atoms with Gasteiger partial charge in [0.15, 0.2) is 0 Å². The Kier molecular flexibility index (Phi) is 6.32. The molecule has 0 fully saturated rings. The number of para-hydroxylation sites is 1. The molecule has 3 rings (SSSR count). The lowest BCUT2D eigenvalue weighted by atomic mass is 10.0. The monoisotopic (exact) mass is 427 g/mol. The van der Waals surface area contributed by atoms with Crippen LogP contribution >= 0.6 is 23.2 Å². The van der Waals surface area contributed by atoms with Gasteiger partial charge in [-0.25, -0.2) is 0 Å². The number of amides is 1. The van der Waals surface area contributed by atoms with E-state index in [2.05, 4.69) is 10.3 Å². The molecule has 6 nitrogen and oxygen atoms in total. The van der Waals surface area contributed by atoms with Gasteiger partial charge in [-0.2, -0.15) is 5.26 Å². The van der Waals surface area contributed by atoms with Crippen molar-refractivity contribution in [3.8, 4) is 6.07 Å². The molecule has 0 unspecified atom stereocenters. The molecule has 0 saturated carbocycles. The van der Waals surface area contributed by atoms with Gasteiger partial charge in [-0.15, -0.1) is 0 Å². The van der Waals surface area contributed by atoms with Crippen LogP contribution in [-0.4, -0.2) is 23.5 Å². The highest BCUT2D eigenvalue weighted by molar-refractivity contribution is 6.40. The molecular formula is C21H15Cl2N3O3. The van der Waals surface area contributed by atoms with Crippen LogP contribution in [0, 0.1) is 11.3 Å². The first-order chi connectivity index (χ1) is 14.0. The van der Waals surface area contributed by atoms with Gasteiger partial charge in [0.05, 0.1) is 45.4 Å². The SMILES string of the molecule is CCOC(=O)Cc1c(C#N)cnc2c(NC(=O)c3c(Cl)cccc3Cl)cccc12. The smallest absolute Gasteiger partial charge is 0.310 e. The van der Waals surface area contributed by atoms with Gasteiger partial charge in [0.2, 0.25) is 0 Å². The third-order valence-corrected chi connectivity index (χ3v) is 4.82. The molecule has 0 aliphatic heterocycles. The van der Waals surface area contributed by atoms with E-state index in [4.69, 9.17) is 27.9 Å². The highest BCUT2D eigenvalue weighted by atomic mass is 35.5. The van der Waals surface area contributed by atoms with E-state index < -0.39 is 11.9 Å². The first kappa shape index (κ1) is 20.6. The van der Waals surface area contributed by atoms with Crippen molar-refractivity contribution < 1.29 is 14.3 Å². The van der Waals surface area contributed by atoms with Crippen LogP contribution in [0.1, 0.15) is 28.4 Å². The van der Waals surface area contributed by atoms with E-state index in [0.29, 0.717) is 22.2 Å². The number of carbonyl (C=O) groups excluding carboxylic acids is 2. The van der Waals surface area contributed by atoms with E-state index in [-0.39, 0.29) is 34.2 Å². The molecule has 8 heteroatoms. The van der Waals surface area contributed by atoms with E-state index in [1.165, 1.54) is 6.20 Å². The molecule has 146 valence electrons. The summed E-state index contributed by atoms with van der Waals surface area (Å²) in [6, 6.07) is 11.9. The summed E-state index contributed by atoms with van der Waals surface area (Å²) in [5, 5.41) is 13.2. The second-order valence-electron chi connectivity index (χ2n) is 6.00. The van der Waals surface area contributed by atoms with Gasteiger partial charge >= 0.3 is 5.97 Å². The zero-order valence-electron chi connectivity index (χ0n) is 15.3. The van der Waals surface area contributed by atoms with Gasteiger partial charge in [-0.3, -0.25) is 14.6 Å². The first-order valence-electron chi connectivity index (χ1n) is 8.68. The molecule has 2 aromatic carbocycles. The summed E-state index contributed by atoms with van der Waals surface area (Å²) in [5.41, 5.74) is 1.74. The van der Waals surface area contributed by atoms with Crippen molar-refractivity contribution in [1.82, 2.24) is 4.98 Å². The molecule has 1 N–H and O–H groups in total. The molecule has 1 heterocycles. The van der Waals surface area contributed by atoms with Crippen LogP contribution in [0.5, 0.6) is 0 Å². The number of pyridine rings is 1. The Bertz CT molecular complexity index is 1140. The van der Waals surface area contributed by atoms with Crippen LogP contribution in [0.4, 0.5) is 5.69 Å². The molecule has 1 aromatic heterocycles. The number of anilines is 1. The lowest BCUT2D eigenvalue weighted by Gasteiger charge is -2.13. The van der Waals surface area contributed by atoms with Gasteiger partial charge in [0, 0.05) is 11.6 Å². The predicted molar refractivity (Wildman–Crippen MR) is 111 cm³/mol. The molecule has 0 saturated heterocycles. The lowest BCUT2D eigenvalue weighted by molar-refractivity contribution is -0.142. The number of aromatic nitrogens is 1. The Balaban J connectivity index is 2.05. The maximum atomic E-state index is 12.7. The molecule has 0 radical (unpaired) electrons. The number of carbonyl (C=O) groups is 2. The maximum Gasteiger partial charge on any atom is 0.310 e. The Hall–Kier alpha value is -3.14. The summed E-state index contributed by atoms with van der Waals surface area (Å²) in [5.74, 6) is -0.944. The molecule has 0 aliphatic carbocycles. The molecular weight excluding hydrogens is 413 g/mol. The fourth-order valence-corrected chi connectivity index (χ4v) is 3.49. The Morgan fingerprint density at radius 3 is 2.52 bits per heavy atom. The first-order valence-corrected chi connectivity index (χ1v) is 9.43. The molecule has 3 aromatic rings. The van der Waals surface area contributed by atoms with Crippen LogP contribution in [0.15, 0.2) is 42.6 Å². The van der Waals surface area contributed by atoms with Crippen molar-refractivity contribution >= 4 is 51.7 Å². The molecule has 0 bridgehead atoms. The van der Waals surface area contributed by atoms with Crippen molar-refractivity contribution in [3.05, 3.63) is 69.3 Å². The van der Waals surface area contributed by atoms with E-state index in [1.54, 1.807) is 43.3 Å². The number of hydrogen-bond donors (Lipinski definition) is 1. The summed E-state index contributed by atoms with van der Waals surface area (Å²) in [6.07, 6.45) is 1.29. The second kappa shape index (κ2) is 8.91. The van der Waals surface area contributed by atoms with Crippen LogP contribution in [-0.2, 0) is 16.0 Å². The van der Waals surface area contributed by atoms with Crippen molar-refractivity contribution in [2.45, 2.75) is 13.3 Å². The number of nitriles is 1. The highest BCUT2D eigenvalue weighted by Crippen LogP contribution is 2.29. The van der Waals surface area contributed by atoms with Gasteiger partial charge in [0.1, 0.15) is 6.07 Å². The van der Waals surface area contributed by atoms with E-state index in [0.717, 1.165) is 0 Å². The summed E-state index contributed by atoms with van der Waals surface area (Å²) in [7, 11) is 0. The molecule has 1 amide bonds. The second-order valence-corrected chi connectivity index (χ2v) is 6.81. The Morgan fingerprint density at radius 1 is 1.17 bits per heavy atom. The zero-order valence-corrected chi connectivity index (χ0v) is 16.8. The number of esters is 1. The molecule has 0 aliphatic rings. The zero-order chi connectivity index (χ0) is 21.0. The van der Waals surface area contributed by atoms with Gasteiger partial charge < -0.3 is 10.1 Å². The average molecular weight is 428 g/mol. The Labute approximate surface area is 177 Å². The number of benzene rings is 2. The van der Waals surface area contributed by atoms with E-state index >= 15 is 0 Å². The number of halogens is 2. The van der Waals surface area contributed by atoms with E-state index in [1.807, 2.05) is 6.07 Å². The van der Waals surface area contributed by atoms with Crippen molar-refractivity contribution in [2.75, 3.05) is 11.9 Å². The minimum absolute atomic E-state index is 0.0799.